The van der Waals surface area contributed by atoms with E-state index in [9.17, 15) is 19.5 Å². The number of carboxylic acid groups (broad SMARTS) is 1. The predicted octanol–water partition coefficient (Wildman–Crippen LogP) is 4.81. The van der Waals surface area contributed by atoms with Gasteiger partial charge in [-0.3, -0.25) is 9.59 Å². The third kappa shape index (κ3) is 7.08. The van der Waals surface area contributed by atoms with Crippen LogP contribution in [0.1, 0.15) is 93.6 Å². The number of amides is 1. The molecule has 1 atom stereocenters. The average molecular weight is 503 g/mol. The number of hydrogen-bond acceptors (Lipinski definition) is 6. The lowest BCUT2D eigenvalue weighted by Crippen LogP contribution is -2.47. The highest BCUT2D eigenvalue weighted by molar-refractivity contribution is 7.15. The molecule has 1 aromatic rings. The van der Waals surface area contributed by atoms with Crippen molar-refractivity contribution in [2.24, 2.45) is 23.5 Å². The van der Waals surface area contributed by atoms with E-state index in [4.69, 9.17) is 10.5 Å². The first-order valence-electron chi connectivity index (χ1n) is 12.7. The lowest BCUT2D eigenvalue weighted by Gasteiger charge is -2.39. The third-order valence-electron chi connectivity index (χ3n) is 6.92. The first-order chi connectivity index (χ1) is 16.6. The van der Waals surface area contributed by atoms with E-state index in [2.05, 4.69) is 18.8 Å². The fraction of sp³-hybridized carbons (Fsp3) is 0.667. The van der Waals surface area contributed by atoms with E-state index in [0.717, 1.165) is 37.0 Å². The minimum Gasteiger partial charge on any atom is -0.477 e. The van der Waals surface area contributed by atoms with Crippen LogP contribution in [0.25, 0.3) is 0 Å². The molecule has 3 rings (SSSR count). The molecule has 2 aliphatic rings. The largest absolute Gasteiger partial charge is 0.477 e. The summed E-state index contributed by atoms with van der Waals surface area (Å²) in [7, 11) is 0. The van der Waals surface area contributed by atoms with Crippen molar-refractivity contribution in [2.75, 3.05) is 4.90 Å². The van der Waals surface area contributed by atoms with E-state index in [0.29, 0.717) is 42.2 Å². The molecule has 0 bridgehead atoms. The summed E-state index contributed by atoms with van der Waals surface area (Å²) in [6, 6.07) is 0.953. The van der Waals surface area contributed by atoms with Gasteiger partial charge in [-0.25, -0.2) is 4.79 Å². The van der Waals surface area contributed by atoms with Crippen molar-refractivity contribution in [1.82, 2.24) is 0 Å². The maximum absolute atomic E-state index is 13.9. The van der Waals surface area contributed by atoms with E-state index in [1.54, 1.807) is 17.9 Å². The highest BCUT2D eigenvalue weighted by atomic mass is 32.1. The van der Waals surface area contributed by atoms with Gasteiger partial charge in [-0.15, -0.1) is 11.3 Å². The van der Waals surface area contributed by atoms with Gasteiger partial charge in [0.15, 0.2) is 0 Å². The fourth-order valence-corrected chi connectivity index (χ4v) is 5.73. The molecular weight excluding hydrogens is 464 g/mol. The molecule has 0 spiro atoms. The molecular formula is C27H38N2O5S. The summed E-state index contributed by atoms with van der Waals surface area (Å²) in [5.74, 6) is 5.38. The van der Waals surface area contributed by atoms with Crippen LogP contribution in [0.15, 0.2) is 6.07 Å². The first kappa shape index (κ1) is 27.2. The van der Waals surface area contributed by atoms with Gasteiger partial charge in [0.2, 0.25) is 5.91 Å². The summed E-state index contributed by atoms with van der Waals surface area (Å²) < 4.78 is 5.52. The van der Waals surface area contributed by atoms with Gasteiger partial charge in [-0.1, -0.05) is 32.6 Å². The van der Waals surface area contributed by atoms with Gasteiger partial charge in [-0.05, 0) is 70.3 Å². The summed E-state index contributed by atoms with van der Waals surface area (Å²) in [5, 5.41) is 9.98. The Bertz CT molecular complexity index is 973. The van der Waals surface area contributed by atoms with Crippen molar-refractivity contribution < 1.29 is 24.2 Å². The Kier molecular flexibility index (Phi) is 9.37. The highest BCUT2D eigenvalue weighted by Gasteiger charge is 2.38. The van der Waals surface area contributed by atoms with E-state index < -0.39 is 18.0 Å². The number of nitrogens with zero attached hydrogens (tertiary/aromatic N) is 1. The van der Waals surface area contributed by atoms with Gasteiger partial charge in [0.05, 0.1) is 10.6 Å². The Morgan fingerprint density at radius 2 is 1.71 bits per heavy atom. The molecule has 1 aromatic heterocycles. The average Bonchev–Trinajstić information content (AvgIpc) is 3.23. The van der Waals surface area contributed by atoms with E-state index in [-0.39, 0.29) is 34.8 Å². The smallest absolute Gasteiger partial charge is 0.348 e. The van der Waals surface area contributed by atoms with E-state index in [1.165, 1.54) is 0 Å². The Balaban J connectivity index is 1.90. The quantitative estimate of drug-likeness (QED) is 0.426. The summed E-state index contributed by atoms with van der Waals surface area (Å²) in [6.07, 6.45) is 5.92. The van der Waals surface area contributed by atoms with Crippen LogP contribution >= 0.6 is 11.3 Å². The minimum atomic E-state index is -1.04. The molecule has 3 N–H and O–H groups in total. The molecule has 0 aromatic carbocycles. The number of thiophene rings is 1. The molecule has 192 valence electrons. The third-order valence-corrected chi connectivity index (χ3v) is 7.94. The molecule has 0 saturated heterocycles. The zero-order valence-corrected chi connectivity index (χ0v) is 22.0. The Morgan fingerprint density at radius 1 is 1.09 bits per heavy atom. The number of rotatable bonds is 6. The maximum Gasteiger partial charge on any atom is 0.348 e. The number of esters is 1. The summed E-state index contributed by atoms with van der Waals surface area (Å²) in [4.78, 5) is 40.6. The normalized spacial score (nSPS) is 25.3. The number of carbonyl (C=O) groups excluding carboxylic acids is 2. The van der Waals surface area contributed by atoms with Crippen LogP contribution in [0.4, 0.5) is 5.69 Å². The molecule has 0 aliphatic heterocycles. The Morgan fingerprint density at radius 3 is 2.26 bits per heavy atom. The first-order valence-corrected chi connectivity index (χ1v) is 13.6. The van der Waals surface area contributed by atoms with Gasteiger partial charge < -0.3 is 20.5 Å². The Labute approximate surface area is 212 Å². The second-order valence-corrected chi connectivity index (χ2v) is 11.4. The van der Waals surface area contributed by atoms with Gasteiger partial charge in [0, 0.05) is 17.9 Å². The molecule has 1 heterocycles. The molecule has 2 fully saturated rings. The SMILES string of the molecule is CC(C)C#Cc1cc(N(C(=O)C2CCC(C)CC2)C2CCC(OC(=O)[C@@H](C)N)CC2)c(C(=O)O)s1. The second kappa shape index (κ2) is 12.0. The van der Waals surface area contributed by atoms with Crippen molar-refractivity contribution in [3.63, 3.8) is 0 Å². The fourth-order valence-electron chi connectivity index (χ4n) is 4.88. The van der Waals surface area contributed by atoms with Crippen LogP contribution in [0.2, 0.25) is 0 Å². The van der Waals surface area contributed by atoms with Crippen LogP contribution < -0.4 is 10.6 Å². The van der Waals surface area contributed by atoms with Gasteiger partial charge in [-0.2, -0.15) is 0 Å². The lowest BCUT2D eigenvalue weighted by atomic mass is 9.81. The highest BCUT2D eigenvalue weighted by Crippen LogP contribution is 2.39. The predicted molar refractivity (Wildman–Crippen MR) is 137 cm³/mol. The molecule has 7 nitrogen and oxygen atoms in total. The molecule has 0 radical (unpaired) electrons. The molecule has 2 saturated carbocycles. The monoisotopic (exact) mass is 502 g/mol. The van der Waals surface area contributed by atoms with Crippen molar-refractivity contribution in [2.45, 2.75) is 97.2 Å². The molecule has 0 unspecified atom stereocenters. The van der Waals surface area contributed by atoms with Gasteiger partial charge in [0.1, 0.15) is 17.0 Å². The number of aromatic carboxylic acids is 1. The number of ether oxygens (including phenoxy) is 1. The van der Waals surface area contributed by atoms with Crippen LogP contribution in [-0.4, -0.2) is 41.1 Å². The summed E-state index contributed by atoms with van der Waals surface area (Å²) >= 11 is 1.13. The number of anilines is 1. The van der Waals surface area contributed by atoms with Crippen LogP contribution in [0.3, 0.4) is 0 Å². The standard InChI is InChI=1S/C27H38N2O5S/c1-16(2)5-14-22-15-23(24(35-22)26(31)32)29(25(30)19-8-6-17(3)7-9-19)20-10-12-21(13-11-20)34-27(33)18(4)28/h15-21H,6-13,28H2,1-4H3,(H,31,32)/t17?,18-,19?,20?,21?/m1/s1. The molecule has 35 heavy (non-hydrogen) atoms. The maximum atomic E-state index is 13.9. The summed E-state index contributed by atoms with van der Waals surface area (Å²) in [5.41, 5.74) is 6.09. The Hall–Kier alpha value is -2.37. The number of hydrogen-bond donors (Lipinski definition) is 2. The second-order valence-electron chi connectivity index (χ2n) is 10.4. The van der Waals surface area contributed by atoms with Gasteiger partial charge in [0.25, 0.3) is 0 Å². The number of carbonyl (C=O) groups is 3. The van der Waals surface area contributed by atoms with Crippen molar-refractivity contribution in [3.8, 4) is 11.8 Å². The zero-order chi connectivity index (χ0) is 25.7. The number of nitrogens with two attached hydrogens (primary N) is 1. The summed E-state index contributed by atoms with van der Waals surface area (Å²) in [6.45, 7) is 7.78. The van der Waals surface area contributed by atoms with Gasteiger partial charge >= 0.3 is 11.9 Å². The van der Waals surface area contributed by atoms with E-state index >= 15 is 0 Å². The molecule has 1 amide bonds. The van der Waals surface area contributed by atoms with Crippen LogP contribution in [0, 0.1) is 29.6 Å². The number of carboxylic acids is 1. The molecule has 8 heteroatoms. The lowest BCUT2D eigenvalue weighted by molar-refractivity contribution is -0.152. The van der Waals surface area contributed by atoms with Crippen LogP contribution in [0.5, 0.6) is 0 Å². The van der Waals surface area contributed by atoms with Crippen molar-refractivity contribution >= 4 is 34.9 Å². The van der Waals surface area contributed by atoms with Crippen molar-refractivity contribution in [3.05, 3.63) is 15.8 Å². The zero-order valence-electron chi connectivity index (χ0n) is 21.2. The van der Waals surface area contributed by atoms with E-state index in [1.807, 2.05) is 13.8 Å². The van der Waals surface area contributed by atoms with Crippen molar-refractivity contribution in [1.29, 1.82) is 0 Å². The minimum absolute atomic E-state index is 0.0107. The van der Waals surface area contributed by atoms with Crippen LogP contribution in [-0.2, 0) is 14.3 Å². The molecule has 2 aliphatic carbocycles. The topological polar surface area (TPSA) is 110 Å².